The fraction of sp³-hybridized carbons (Fsp3) is 0.500. The van der Waals surface area contributed by atoms with E-state index < -0.39 is 10.0 Å². The molecule has 2 unspecified atom stereocenters. The van der Waals surface area contributed by atoms with Crippen molar-refractivity contribution in [3.8, 4) is 0 Å². The molecule has 0 spiro atoms. The molecule has 7 nitrogen and oxygen atoms in total. The van der Waals surface area contributed by atoms with Crippen LogP contribution in [0.4, 0.5) is 0 Å². The van der Waals surface area contributed by atoms with E-state index in [9.17, 15) is 13.2 Å². The normalized spacial score (nSPS) is 23.8. The number of hydrogen-bond donors (Lipinski definition) is 2. The molecule has 0 bridgehead atoms. The first-order valence-corrected chi connectivity index (χ1v) is 9.48. The van der Waals surface area contributed by atoms with E-state index >= 15 is 0 Å². The summed E-state index contributed by atoms with van der Waals surface area (Å²) in [6, 6.07) is 6.82. The molecule has 2 aliphatic heterocycles. The quantitative estimate of drug-likeness (QED) is 0.794. The molecule has 3 rings (SSSR count). The first kappa shape index (κ1) is 19.7. The van der Waals surface area contributed by atoms with Crippen LogP contribution in [0.3, 0.4) is 0 Å². The van der Waals surface area contributed by atoms with Gasteiger partial charge in [-0.05, 0) is 37.6 Å². The predicted molar refractivity (Wildman–Crippen MR) is 98.6 cm³/mol. The van der Waals surface area contributed by atoms with Crippen molar-refractivity contribution < 1.29 is 13.2 Å². The Morgan fingerprint density at radius 3 is 2.84 bits per heavy atom. The highest BCUT2D eigenvalue weighted by molar-refractivity contribution is 7.90. The second-order valence-corrected chi connectivity index (χ2v) is 7.96. The lowest BCUT2D eigenvalue weighted by atomic mass is 9.95. The average molecular weight is 387 g/mol. The molecular weight excluding hydrogens is 364 g/mol. The van der Waals surface area contributed by atoms with Gasteiger partial charge < -0.3 is 15.5 Å². The monoisotopic (exact) mass is 386 g/mol. The van der Waals surface area contributed by atoms with Gasteiger partial charge in [0, 0.05) is 18.7 Å². The van der Waals surface area contributed by atoms with Gasteiger partial charge in [-0.3, -0.25) is 4.79 Å². The van der Waals surface area contributed by atoms with Gasteiger partial charge in [0.2, 0.25) is 5.91 Å². The number of halogens is 1. The molecule has 2 aliphatic rings. The molecule has 1 aromatic carbocycles. The van der Waals surface area contributed by atoms with Crippen LogP contribution in [0.25, 0.3) is 0 Å². The van der Waals surface area contributed by atoms with Crippen molar-refractivity contribution in [1.82, 2.24) is 15.5 Å². The zero-order chi connectivity index (χ0) is 17.3. The number of amidine groups is 1. The van der Waals surface area contributed by atoms with Gasteiger partial charge in [0.25, 0.3) is 10.0 Å². The minimum atomic E-state index is -3.67. The molecule has 2 heterocycles. The summed E-state index contributed by atoms with van der Waals surface area (Å²) < 4.78 is 28.0. The maximum Gasteiger partial charge on any atom is 0.285 e. The summed E-state index contributed by atoms with van der Waals surface area (Å²) in [4.78, 5) is 14.1. The van der Waals surface area contributed by atoms with E-state index in [1.54, 1.807) is 30.1 Å². The highest BCUT2D eigenvalue weighted by Crippen LogP contribution is 2.26. The van der Waals surface area contributed by atoms with Crippen LogP contribution in [-0.2, 0) is 14.8 Å². The van der Waals surface area contributed by atoms with E-state index in [0.717, 1.165) is 19.5 Å². The van der Waals surface area contributed by atoms with Crippen LogP contribution < -0.4 is 10.6 Å². The second-order valence-electron chi connectivity index (χ2n) is 6.39. The number of likely N-dealkylation sites (N-methyl/N-ethyl adjacent to an activating group) is 1. The Bertz CT molecular complexity index is 781. The maximum atomic E-state index is 12.3. The fourth-order valence-corrected chi connectivity index (χ4v) is 4.39. The minimum absolute atomic E-state index is 0. The van der Waals surface area contributed by atoms with Gasteiger partial charge in [-0.15, -0.1) is 16.8 Å². The SMILES string of the molecule is CC1CNCCC1NC(=O)CN(C)C1=NS(=O)(=O)c2ccccc21.Cl. The standard InChI is InChI=1S/C16H22N4O3S.ClH/c1-11-9-17-8-7-13(11)18-15(21)10-20(2)16-12-5-3-4-6-14(12)24(22,23)19-16;/h3-6,11,13,17H,7-10H2,1-2H3,(H,18,21);1H. The number of carbonyl (C=O) groups is 1. The Kier molecular flexibility index (Phi) is 6.08. The highest BCUT2D eigenvalue weighted by atomic mass is 35.5. The van der Waals surface area contributed by atoms with Crippen molar-refractivity contribution in [2.75, 3.05) is 26.7 Å². The molecule has 1 saturated heterocycles. The molecule has 1 fully saturated rings. The van der Waals surface area contributed by atoms with Crippen LogP contribution in [-0.4, -0.2) is 57.8 Å². The van der Waals surface area contributed by atoms with E-state index in [4.69, 9.17) is 0 Å². The van der Waals surface area contributed by atoms with Crippen molar-refractivity contribution in [2.24, 2.45) is 10.3 Å². The summed E-state index contributed by atoms with van der Waals surface area (Å²) in [7, 11) is -1.98. The molecule has 0 radical (unpaired) electrons. The van der Waals surface area contributed by atoms with Crippen LogP contribution >= 0.6 is 12.4 Å². The lowest BCUT2D eigenvalue weighted by Crippen LogP contribution is -2.50. The number of nitrogens with one attached hydrogen (secondary N) is 2. The first-order valence-electron chi connectivity index (χ1n) is 8.04. The lowest BCUT2D eigenvalue weighted by Gasteiger charge is -2.31. The molecule has 0 aromatic heterocycles. The van der Waals surface area contributed by atoms with Gasteiger partial charge in [0.15, 0.2) is 5.84 Å². The highest BCUT2D eigenvalue weighted by Gasteiger charge is 2.31. The van der Waals surface area contributed by atoms with Gasteiger partial charge in [0.05, 0.1) is 6.54 Å². The van der Waals surface area contributed by atoms with Gasteiger partial charge in [-0.25, -0.2) is 0 Å². The zero-order valence-electron chi connectivity index (χ0n) is 14.2. The molecule has 25 heavy (non-hydrogen) atoms. The summed E-state index contributed by atoms with van der Waals surface area (Å²) in [6.45, 7) is 3.95. The largest absolute Gasteiger partial charge is 0.351 e. The van der Waals surface area contributed by atoms with Crippen LogP contribution in [0, 0.1) is 5.92 Å². The molecule has 138 valence electrons. The number of nitrogens with zero attached hydrogens (tertiary/aromatic N) is 2. The lowest BCUT2D eigenvalue weighted by molar-refractivity contribution is -0.122. The van der Waals surface area contributed by atoms with Gasteiger partial charge in [-0.1, -0.05) is 19.1 Å². The molecule has 2 N–H and O–H groups in total. The predicted octanol–water partition coefficient (Wildman–Crippen LogP) is 0.603. The Labute approximate surface area is 154 Å². The number of piperidine rings is 1. The second kappa shape index (κ2) is 7.72. The summed E-state index contributed by atoms with van der Waals surface area (Å²) in [5.74, 6) is 0.567. The number of sulfonamides is 1. The maximum absolute atomic E-state index is 12.3. The van der Waals surface area contributed by atoms with Crippen molar-refractivity contribution in [2.45, 2.75) is 24.3 Å². The van der Waals surface area contributed by atoms with E-state index in [1.807, 2.05) is 0 Å². The smallest absolute Gasteiger partial charge is 0.285 e. The van der Waals surface area contributed by atoms with Crippen LogP contribution in [0.1, 0.15) is 18.9 Å². The summed E-state index contributed by atoms with van der Waals surface area (Å²) in [6.07, 6.45) is 0.898. The Hall–Kier alpha value is -1.64. The van der Waals surface area contributed by atoms with Crippen LogP contribution in [0.15, 0.2) is 33.6 Å². The van der Waals surface area contributed by atoms with Crippen molar-refractivity contribution in [3.05, 3.63) is 29.8 Å². The molecule has 1 amide bonds. The number of rotatable bonds is 3. The number of benzene rings is 1. The Balaban J connectivity index is 0.00000225. The van der Waals surface area contributed by atoms with Crippen molar-refractivity contribution in [3.63, 3.8) is 0 Å². The van der Waals surface area contributed by atoms with E-state index in [-0.39, 0.29) is 35.8 Å². The van der Waals surface area contributed by atoms with Gasteiger partial charge in [-0.2, -0.15) is 8.42 Å². The number of amides is 1. The molecule has 0 aliphatic carbocycles. The van der Waals surface area contributed by atoms with Crippen LogP contribution in [0.2, 0.25) is 0 Å². The molecular formula is C16H23ClN4O3S. The summed E-state index contributed by atoms with van der Waals surface area (Å²) in [5.41, 5.74) is 0.544. The molecule has 1 aromatic rings. The molecule has 9 heteroatoms. The number of hydrogen-bond acceptors (Lipinski definition) is 5. The van der Waals surface area contributed by atoms with E-state index in [0.29, 0.717) is 17.3 Å². The summed E-state index contributed by atoms with van der Waals surface area (Å²) >= 11 is 0. The average Bonchev–Trinajstić information content (AvgIpc) is 2.82. The van der Waals surface area contributed by atoms with Crippen molar-refractivity contribution >= 4 is 34.2 Å². The summed E-state index contributed by atoms with van der Waals surface area (Å²) in [5, 5.41) is 6.34. The fourth-order valence-electron chi connectivity index (χ4n) is 3.14. The topological polar surface area (TPSA) is 90.9 Å². The Morgan fingerprint density at radius 2 is 2.12 bits per heavy atom. The Morgan fingerprint density at radius 1 is 1.40 bits per heavy atom. The number of carbonyl (C=O) groups excluding carboxylic acids is 1. The zero-order valence-corrected chi connectivity index (χ0v) is 15.9. The first-order chi connectivity index (χ1) is 11.4. The third-order valence-corrected chi connectivity index (χ3v) is 5.81. The van der Waals surface area contributed by atoms with Crippen molar-refractivity contribution in [1.29, 1.82) is 0 Å². The van der Waals surface area contributed by atoms with Crippen LogP contribution in [0.5, 0.6) is 0 Å². The molecule has 2 atom stereocenters. The van der Waals surface area contributed by atoms with E-state index in [2.05, 4.69) is 22.0 Å². The number of fused-ring (bicyclic) bond motifs is 1. The molecule has 0 saturated carbocycles. The van der Waals surface area contributed by atoms with Gasteiger partial charge >= 0.3 is 0 Å². The van der Waals surface area contributed by atoms with E-state index in [1.165, 1.54) is 6.07 Å². The third kappa shape index (κ3) is 4.13. The third-order valence-electron chi connectivity index (χ3n) is 4.49. The minimum Gasteiger partial charge on any atom is -0.351 e. The van der Waals surface area contributed by atoms with Gasteiger partial charge in [0.1, 0.15) is 4.90 Å².